The number of aromatic amines is 1. The highest BCUT2D eigenvalue weighted by Crippen LogP contribution is 2.15. The Morgan fingerprint density at radius 2 is 1.36 bits per heavy atom. The number of piperazine rings is 2. The number of nitrogens with zero attached hydrogens (tertiary/aromatic N) is 6. The molecule has 0 atom stereocenters. The van der Waals surface area contributed by atoms with Gasteiger partial charge in [-0.1, -0.05) is 18.2 Å². The topological polar surface area (TPSA) is 54.5 Å². The summed E-state index contributed by atoms with van der Waals surface area (Å²) >= 11 is 0. The second-order valence-corrected chi connectivity index (χ2v) is 6.80. The van der Waals surface area contributed by atoms with Gasteiger partial charge in [0.15, 0.2) is 0 Å². The van der Waals surface area contributed by atoms with Crippen molar-refractivity contribution in [1.82, 2.24) is 25.0 Å². The Morgan fingerprint density at radius 1 is 0.760 bits per heavy atom. The third-order valence-corrected chi connectivity index (χ3v) is 5.30. The summed E-state index contributed by atoms with van der Waals surface area (Å²) in [6.45, 7) is 11.2. The van der Waals surface area contributed by atoms with Crippen LogP contribution < -0.4 is 9.80 Å². The van der Waals surface area contributed by atoms with Gasteiger partial charge < -0.3 is 9.80 Å². The Bertz CT molecular complexity index is 614. The minimum Gasteiger partial charge on any atom is -0.369 e. The van der Waals surface area contributed by atoms with E-state index < -0.39 is 0 Å². The lowest BCUT2D eigenvalue weighted by Gasteiger charge is -2.38. The predicted molar refractivity (Wildman–Crippen MR) is 100 cm³/mol. The van der Waals surface area contributed by atoms with E-state index in [4.69, 9.17) is 0 Å². The van der Waals surface area contributed by atoms with Crippen molar-refractivity contribution in [3.8, 4) is 0 Å². The van der Waals surface area contributed by atoms with Gasteiger partial charge in [0.25, 0.3) is 0 Å². The second-order valence-electron chi connectivity index (χ2n) is 6.80. The van der Waals surface area contributed by atoms with E-state index in [1.54, 1.807) is 6.33 Å². The Kier molecular flexibility index (Phi) is 5.13. The SMILES string of the molecule is c1ccc(N2CCN(CCN3CCN(c4ncn[nH]4)CC3)CC2)cc1. The number of anilines is 2. The second kappa shape index (κ2) is 7.84. The maximum atomic E-state index is 4.24. The third-order valence-electron chi connectivity index (χ3n) is 5.30. The van der Waals surface area contributed by atoms with Gasteiger partial charge in [-0.3, -0.25) is 9.80 Å². The standard InChI is InChI=1S/C18H27N7/c1-2-4-17(5-3-1)24-12-8-22(9-13-24)6-7-23-10-14-25(15-11-23)18-19-16-20-21-18/h1-5,16H,6-15H2,(H,19,20,21). The summed E-state index contributed by atoms with van der Waals surface area (Å²) in [6.07, 6.45) is 1.58. The zero-order valence-electron chi connectivity index (χ0n) is 14.7. The van der Waals surface area contributed by atoms with Crippen LogP contribution in [-0.4, -0.2) is 90.4 Å². The minimum absolute atomic E-state index is 0.900. The molecule has 4 rings (SSSR count). The first-order chi connectivity index (χ1) is 12.4. The number of nitrogens with one attached hydrogen (secondary N) is 1. The molecule has 25 heavy (non-hydrogen) atoms. The number of hydrogen-bond acceptors (Lipinski definition) is 6. The van der Waals surface area contributed by atoms with Crippen molar-refractivity contribution in [2.45, 2.75) is 0 Å². The Morgan fingerprint density at radius 3 is 1.92 bits per heavy atom. The van der Waals surface area contributed by atoms with E-state index in [1.165, 1.54) is 12.2 Å². The van der Waals surface area contributed by atoms with Gasteiger partial charge in [-0.25, -0.2) is 5.10 Å². The molecule has 1 aromatic carbocycles. The van der Waals surface area contributed by atoms with Crippen molar-refractivity contribution < 1.29 is 0 Å². The average molecular weight is 341 g/mol. The molecule has 7 nitrogen and oxygen atoms in total. The van der Waals surface area contributed by atoms with E-state index in [0.29, 0.717) is 0 Å². The van der Waals surface area contributed by atoms with E-state index in [0.717, 1.165) is 64.9 Å². The van der Waals surface area contributed by atoms with Crippen molar-refractivity contribution in [1.29, 1.82) is 0 Å². The molecule has 2 fully saturated rings. The summed E-state index contributed by atoms with van der Waals surface area (Å²) in [5.41, 5.74) is 1.35. The quantitative estimate of drug-likeness (QED) is 0.866. The summed E-state index contributed by atoms with van der Waals surface area (Å²) < 4.78 is 0. The number of hydrogen-bond donors (Lipinski definition) is 1. The molecule has 3 heterocycles. The van der Waals surface area contributed by atoms with E-state index in [-0.39, 0.29) is 0 Å². The highest BCUT2D eigenvalue weighted by molar-refractivity contribution is 5.46. The lowest BCUT2D eigenvalue weighted by Crippen LogP contribution is -2.51. The van der Waals surface area contributed by atoms with Crippen LogP contribution in [0.5, 0.6) is 0 Å². The summed E-state index contributed by atoms with van der Waals surface area (Å²) in [4.78, 5) is 14.2. The number of para-hydroxylation sites is 1. The molecule has 2 saturated heterocycles. The highest BCUT2D eigenvalue weighted by atomic mass is 15.4. The lowest BCUT2D eigenvalue weighted by atomic mass is 10.2. The molecule has 7 heteroatoms. The average Bonchev–Trinajstić information content (AvgIpc) is 3.23. The molecule has 2 aliphatic heterocycles. The number of benzene rings is 1. The van der Waals surface area contributed by atoms with Crippen LogP contribution in [-0.2, 0) is 0 Å². The fraction of sp³-hybridized carbons (Fsp3) is 0.556. The Hall–Kier alpha value is -2.12. The molecule has 1 aromatic heterocycles. The first kappa shape index (κ1) is 16.4. The van der Waals surface area contributed by atoms with Gasteiger partial charge in [0.05, 0.1) is 0 Å². The van der Waals surface area contributed by atoms with Crippen LogP contribution in [0.15, 0.2) is 36.7 Å². The molecule has 0 aliphatic carbocycles. The fourth-order valence-corrected chi connectivity index (χ4v) is 3.69. The van der Waals surface area contributed by atoms with Crippen LogP contribution in [0.3, 0.4) is 0 Å². The van der Waals surface area contributed by atoms with Gasteiger partial charge in [0.1, 0.15) is 6.33 Å². The first-order valence-electron chi connectivity index (χ1n) is 9.23. The minimum atomic E-state index is 0.900. The number of H-pyrrole nitrogens is 1. The summed E-state index contributed by atoms with van der Waals surface area (Å²) in [5, 5.41) is 6.90. The molecule has 0 amide bonds. The van der Waals surface area contributed by atoms with Crippen LogP contribution in [0.25, 0.3) is 0 Å². The summed E-state index contributed by atoms with van der Waals surface area (Å²) in [6, 6.07) is 10.8. The molecule has 2 aliphatic rings. The van der Waals surface area contributed by atoms with Gasteiger partial charge in [-0.2, -0.15) is 10.1 Å². The van der Waals surface area contributed by atoms with Crippen molar-refractivity contribution in [2.75, 3.05) is 75.2 Å². The zero-order valence-corrected chi connectivity index (χ0v) is 14.7. The summed E-state index contributed by atoms with van der Waals surface area (Å²) in [5.74, 6) is 0.900. The third kappa shape index (κ3) is 4.11. The molecule has 0 spiro atoms. The molecule has 0 bridgehead atoms. The van der Waals surface area contributed by atoms with E-state index in [9.17, 15) is 0 Å². The van der Waals surface area contributed by atoms with Crippen molar-refractivity contribution in [2.24, 2.45) is 0 Å². The molecule has 134 valence electrons. The molecule has 2 aromatic rings. The normalized spacial score (nSPS) is 20.2. The van der Waals surface area contributed by atoms with Crippen LogP contribution in [0, 0.1) is 0 Å². The summed E-state index contributed by atoms with van der Waals surface area (Å²) in [7, 11) is 0. The van der Waals surface area contributed by atoms with E-state index >= 15 is 0 Å². The smallest absolute Gasteiger partial charge is 0.221 e. The molecule has 0 unspecified atom stereocenters. The van der Waals surface area contributed by atoms with Gasteiger partial charge in [-0.15, -0.1) is 0 Å². The van der Waals surface area contributed by atoms with Gasteiger partial charge >= 0.3 is 0 Å². The van der Waals surface area contributed by atoms with Crippen LogP contribution in [0.4, 0.5) is 11.6 Å². The first-order valence-corrected chi connectivity index (χ1v) is 9.23. The predicted octanol–water partition coefficient (Wildman–Crippen LogP) is 0.749. The van der Waals surface area contributed by atoms with Gasteiger partial charge in [0.2, 0.25) is 5.95 Å². The monoisotopic (exact) mass is 341 g/mol. The van der Waals surface area contributed by atoms with Crippen LogP contribution in [0.2, 0.25) is 0 Å². The Balaban J connectivity index is 1.17. The lowest BCUT2D eigenvalue weighted by molar-refractivity contribution is 0.190. The van der Waals surface area contributed by atoms with Crippen LogP contribution >= 0.6 is 0 Å². The van der Waals surface area contributed by atoms with Gasteiger partial charge in [-0.05, 0) is 12.1 Å². The Labute approximate surface area is 149 Å². The molecule has 0 saturated carbocycles. The number of rotatable bonds is 5. The van der Waals surface area contributed by atoms with Crippen LogP contribution in [0.1, 0.15) is 0 Å². The van der Waals surface area contributed by atoms with E-state index in [2.05, 4.69) is 65.1 Å². The number of aromatic nitrogens is 3. The molecule has 1 N–H and O–H groups in total. The highest BCUT2D eigenvalue weighted by Gasteiger charge is 2.21. The largest absolute Gasteiger partial charge is 0.369 e. The van der Waals surface area contributed by atoms with Crippen molar-refractivity contribution >= 4 is 11.6 Å². The molecular formula is C18H27N7. The maximum absolute atomic E-state index is 4.24. The van der Waals surface area contributed by atoms with Crippen molar-refractivity contribution in [3.05, 3.63) is 36.7 Å². The fourth-order valence-electron chi connectivity index (χ4n) is 3.69. The maximum Gasteiger partial charge on any atom is 0.221 e. The molecule has 0 radical (unpaired) electrons. The van der Waals surface area contributed by atoms with Gasteiger partial charge in [0, 0.05) is 71.1 Å². The van der Waals surface area contributed by atoms with Crippen molar-refractivity contribution in [3.63, 3.8) is 0 Å². The molecular weight excluding hydrogens is 314 g/mol. The van der Waals surface area contributed by atoms with E-state index in [1.807, 2.05) is 0 Å². The zero-order chi connectivity index (χ0) is 16.9.